The lowest BCUT2D eigenvalue weighted by molar-refractivity contribution is -0.114. The molecule has 0 spiro atoms. The Bertz CT molecular complexity index is 909. The summed E-state index contributed by atoms with van der Waals surface area (Å²) >= 11 is 7.37. The van der Waals surface area contributed by atoms with Crippen molar-refractivity contribution in [3.63, 3.8) is 0 Å². The van der Waals surface area contributed by atoms with Crippen molar-refractivity contribution in [2.75, 3.05) is 5.32 Å². The topological polar surface area (TPSA) is 70.6 Å². The first kappa shape index (κ1) is 17.3. The average molecular weight is 372 g/mol. The first-order valence-corrected chi connectivity index (χ1v) is 8.63. The molecule has 0 aromatic heterocycles. The van der Waals surface area contributed by atoms with Crippen LogP contribution in [-0.4, -0.2) is 17.0 Å². The van der Waals surface area contributed by atoms with Gasteiger partial charge < -0.3 is 10.6 Å². The number of para-hydroxylation sites is 2. The van der Waals surface area contributed by atoms with Gasteiger partial charge in [0, 0.05) is 12.5 Å². The van der Waals surface area contributed by atoms with E-state index < -0.39 is 0 Å². The number of hydrogen-bond acceptors (Lipinski definition) is 4. The smallest absolute Gasteiger partial charge is 0.259 e. The largest absolute Gasteiger partial charge is 0.326 e. The van der Waals surface area contributed by atoms with E-state index in [1.54, 1.807) is 30.3 Å². The molecule has 2 aromatic rings. The number of nitrogens with one attached hydrogen (secondary N) is 2. The van der Waals surface area contributed by atoms with Gasteiger partial charge in [0.15, 0.2) is 5.17 Å². The van der Waals surface area contributed by atoms with Crippen LogP contribution in [0.15, 0.2) is 57.9 Å². The highest BCUT2D eigenvalue weighted by molar-refractivity contribution is 8.18. The van der Waals surface area contributed by atoms with Crippen LogP contribution in [0.25, 0.3) is 6.08 Å². The van der Waals surface area contributed by atoms with Gasteiger partial charge in [-0.15, -0.1) is 0 Å². The molecule has 126 valence electrons. The monoisotopic (exact) mass is 371 g/mol. The Kier molecular flexibility index (Phi) is 5.21. The molecular formula is C18H14ClN3O2S. The summed E-state index contributed by atoms with van der Waals surface area (Å²) in [6.45, 7) is 1.39. The van der Waals surface area contributed by atoms with E-state index >= 15 is 0 Å². The van der Waals surface area contributed by atoms with Gasteiger partial charge in [0.1, 0.15) is 0 Å². The number of anilines is 1. The number of aliphatic imine (C=N–C) groups is 1. The standard InChI is InChI=1S/C18H14ClN3O2S/c1-11(23)20-15-9-5-3-7-13(15)17(24)22-18-21-14-8-4-2-6-12(14)10-16(19)25-18/h2-10H,1H3,(H,20,23)(H,21,22,24). The van der Waals surface area contributed by atoms with E-state index in [0.29, 0.717) is 20.8 Å². The number of nitrogens with zero attached hydrogens (tertiary/aromatic N) is 1. The van der Waals surface area contributed by atoms with Crippen LogP contribution >= 0.6 is 23.4 Å². The number of carbonyl (C=O) groups is 2. The number of amidine groups is 1. The molecule has 7 heteroatoms. The van der Waals surface area contributed by atoms with E-state index in [0.717, 1.165) is 23.0 Å². The van der Waals surface area contributed by atoms with E-state index in [1.807, 2.05) is 24.3 Å². The van der Waals surface area contributed by atoms with Gasteiger partial charge in [0.2, 0.25) is 5.91 Å². The van der Waals surface area contributed by atoms with Crippen LogP contribution in [0.2, 0.25) is 0 Å². The molecule has 1 heterocycles. The van der Waals surface area contributed by atoms with E-state index in [1.165, 1.54) is 6.92 Å². The molecule has 2 aromatic carbocycles. The Morgan fingerprint density at radius 3 is 2.56 bits per heavy atom. The molecule has 0 saturated carbocycles. The summed E-state index contributed by atoms with van der Waals surface area (Å²) in [6.07, 6.45) is 1.80. The Morgan fingerprint density at radius 2 is 1.76 bits per heavy atom. The SMILES string of the molecule is CC(=O)Nc1ccccc1C(=O)NC1=Nc2ccccc2C=C(Cl)S1. The summed E-state index contributed by atoms with van der Waals surface area (Å²) in [7, 11) is 0. The number of hydrogen-bond donors (Lipinski definition) is 2. The van der Waals surface area contributed by atoms with Gasteiger partial charge in [-0.05, 0) is 36.0 Å². The molecule has 2 N–H and O–H groups in total. The highest BCUT2D eigenvalue weighted by atomic mass is 35.5. The maximum Gasteiger partial charge on any atom is 0.259 e. The number of fused-ring (bicyclic) bond motifs is 1. The zero-order valence-corrected chi connectivity index (χ0v) is 14.8. The van der Waals surface area contributed by atoms with Crippen LogP contribution in [-0.2, 0) is 4.79 Å². The van der Waals surface area contributed by atoms with Crippen molar-refractivity contribution in [2.45, 2.75) is 6.92 Å². The summed E-state index contributed by atoms with van der Waals surface area (Å²) in [5.74, 6) is -0.624. The fourth-order valence-electron chi connectivity index (χ4n) is 2.29. The number of amides is 2. The van der Waals surface area contributed by atoms with Crippen LogP contribution in [0.1, 0.15) is 22.8 Å². The van der Waals surface area contributed by atoms with Crippen molar-refractivity contribution in [3.8, 4) is 0 Å². The zero-order valence-electron chi connectivity index (χ0n) is 13.2. The molecule has 0 radical (unpaired) electrons. The lowest BCUT2D eigenvalue weighted by Gasteiger charge is -2.11. The van der Waals surface area contributed by atoms with Gasteiger partial charge in [0.25, 0.3) is 5.91 Å². The van der Waals surface area contributed by atoms with Crippen molar-refractivity contribution in [3.05, 3.63) is 64.0 Å². The minimum absolute atomic E-state index is 0.249. The molecule has 0 fully saturated rings. The van der Waals surface area contributed by atoms with Crippen LogP contribution < -0.4 is 10.6 Å². The van der Waals surface area contributed by atoms with Crippen molar-refractivity contribution >= 4 is 57.8 Å². The minimum atomic E-state index is -0.376. The Hall–Kier alpha value is -2.57. The predicted octanol–water partition coefficient (Wildman–Crippen LogP) is 4.35. The molecule has 1 aliphatic rings. The summed E-state index contributed by atoms with van der Waals surface area (Å²) in [5.41, 5.74) is 2.38. The average Bonchev–Trinajstić information content (AvgIpc) is 2.71. The van der Waals surface area contributed by atoms with Gasteiger partial charge in [-0.25, -0.2) is 4.99 Å². The number of rotatable bonds is 2. The zero-order chi connectivity index (χ0) is 17.8. The van der Waals surface area contributed by atoms with E-state index in [4.69, 9.17) is 11.6 Å². The summed E-state index contributed by atoms with van der Waals surface area (Å²) in [4.78, 5) is 28.4. The molecule has 2 amide bonds. The second-order valence-electron chi connectivity index (χ2n) is 5.21. The molecule has 1 aliphatic heterocycles. The van der Waals surface area contributed by atoms with Crippen LogP contribution in [0, 0.1) is 0 Å². The summed E-state index contributed by atoms with van der Waals surface area (Å²) in [6, 6.07) is 14.3. The number of carbonyl (C=O) groups excluding carboxylic acids is 2. The van der Waals surface area contributed by atoms with Gasteiger partial charge in [-0.1, -0.05) is 41.9 Å². The molecule has 0 bridgehead atoms. The third kappa shape index (κ3) is 4.29. The Morgan fingerprint density at radius 1 is 1.04 bits per heavy atom. The fraction of sp³-hybridized carbons (Fsp3) is 0.0556. The van der Waals surface area contributed by atoms with Gasteiger partial charge in [-0.3, -0.25) is 9.59 Å². The van der Waals surface area contributed by atoms with E-state index in [2.05, 4.69) is 15.6 Å². The van der Waals surface area contributed by atoms with E-state index in [-0.39, 0.29) is 11.8 Å². The Balaban J connectivity index is 1.88. The van der Waals surface area contributed by atoms with Crippen molar-refractivity contribution < 1.29 is 9.59 Å². The number of benzene rings is 2. The maximum atomic E-state index is 12.6. The van der Waals surface area contributed by atoms with Crippen LogP contribution in [0.5, 0.6) is 0 Å². The molecule has 0 saturated heterocycles. The number of thioether (sulfide) groups is 1. The quantitative estimate of drug-likeness (QED) is 0.824. The molecular weight excluding hydrogens is 358 g/mol. The minimum Gasteiger partial charge on any atom is -0.326 e. The predicted molar refractivity (Wildman–Crippen MR) is 103 cm³/mol. The summed E-state index contributed by atoms with van der Waals surface area (Å²) in [5, 5.41) is 5.77. The van der Waals surface area contributed by atoms with E-state index in [9.17, 15) is 9.59 Å². The molecule has 3 rings (SSSR count). The van der Waals surface area contributed by atoms with Gasteiger partial charge in [-0.2, -0.15) is 0 Å². The third-order valence-corrected chi connectivity index (χ3v) is 4.36. The van der Waals surface area contributed by atoms with Crippen molar-refractivity contribution in [1.29, 1.82) is 0 Å². The maximum absolute atomic E-state index is 12.6. The van der Waals surface area contributed by atoms with Crippen LogP contribution in [0.4, 0.5) is 11.4 Å². The lowest BCUT2D eigenvalue weighted by Crippen LogP contribution is -2.29. The lowest BCUT2D eigenvalue weighted by atomic mass is 10.1. The molecule has 0 unspecified atom stereocenters. The first-order chi connectivity index (χ1) is 12.0. The normalized spacial score (nSPS) is 13.0. The third-order valence-electron chi connectivity index (χ3n) is 3.32. The molecule has 0 atom stereocenters. The molecule has 5 nitrogen and oxygen atoms in total. The van der Waals surface area contributed by atoms with Crippen molar-refractivity contribution in [2.24, 2.45) is 4.99 Å². The van der Waals surface area contributed by atoms with Crippen LogP contribution in [0.3, 0.4) is 0 Å². The molecule has 0 aliphatic carbocycles. The molecule has 25 heavy (non-hydrogen) atoms. The highest BCUT2D eigenvalue weighted by Gasteiger charge is 2.17. The fourth-order valence-corrected chi connectivity index (χ4v) is 3.28. The second-order valence-corrected chi connectivity index (χ2v) is 6.87. The van der Waals surface area contributed by atoms with Crippen molar-refractivity contribution in [1.82, 2.24) is 5.32 Å². The Labute approximate surface area is 154 Å². The highest BCUT2D eigenvalue weighted by Crippen LogP contribution is 2.33. The summed E-state index contributed by atoms with van der Waals surface area (Å²) < 4.78 is 0.499. The van der Waals surface area contributed by atoms with Gasteiger partial charge in [0.05, 0.1) is 21.3 Å². The number of halogens is 1. The van der Waals surface area contributed by atoms with Gasteiger partial charge >= 0.3 is 0 Å². The second kappa shape index (κ2) is 7.55. The first-order valence-electron chi connectivity index (χ1n) is 7.43.